The predicted octanol–water partition coefficient (Wildman–Crippen LogP) is 3.86. The summed E-state index contributed by atoms with van der Waals surface area (Å²) in [4.78, 5) is 24.0. The summed E-state index contributed by atoms with van der Waals surface area (Å²) < 4.78 is 15.9. The van der Waals surface area contributed by atoms with Crippen molar-refractivity contribution in [3.63, 3.8) is 0 Å². The molecule has 0 atom stereocenters. The molecular weight excluding hydrogens is 332 g/mol. The highest BCUT2D eigenvalue weighted by molar-refractivity contribution is 5.91. The molecule has 0 fully saturated rings. The van der Waals surface area contributed by atoms with Gasteiger partial charge >= 0.3 is 11.9 Å². The zero-order chi connectivity index (χ0) is 18.9. The van der Waals surface area contributed by atoms with Gasteiger partial charge in [-0.25, -0.2) is 9.59 Å². The van der Waals surface area contributed by atoms with Crippen molar-refractivity contribution in [2.75, 3.05) is 13.2 Å². The molecule has 2 aromatic carbocycles. The Morgan fingerprint density at radius 1 is 1.00 bits per heavy atom. The molecular formula is C21H24O5. The second-order valence-electron chi connectivity index (χ2n) is 5.78. The van der Waals surface area contributed by atoms with Crippen molar-refractivity contribution < 1.29 is 23.8 Å². The van der Waals surface area contributed by atoms with E-state index in [0.717, 1.165) is 23.1 Å². The Labute approximate surface area is 153 Å². The maximum atomic E-state index is 12.0. The minimum atomic E-state index is -0.464. The van der Waals surface area contributed by atoms with Crippen LogP contribution in [0.5, 0.6) is 5.75 Å². The quantitative estimate of drug-likeness (QED) is 0.672. The molecule has 138 valence electrons. The van der Waals surface area contributed by atoms with Gasteiger partial charge in [-0.05, 0) is 43.0 Å². The molecule has 2 rings (SSSR count). The fourth-order valence-corrected chi connectivity index (χ4v) is 2.50. The molecule has 0 unspecified atom stereocenters. The SMILES string of the molecule is CCOC(=O)c1cc(OCC(=O)OCc2ccccc2)c(CC)cc1C. The number of aryl methyl sites for hydroxylation is 2. The van der Waals surface area contributed by atoms with Crippen LogP contribution in [0.25, 0.3) is 0 Å². The molecule has 0 N–H and O–H groups in total. The van der Waals surface area contributed by atoms with E-state index >= 15 is 0 Å². The van der Waals surface area contributed by atoms with Gasteiger partial charge in [-0.3, -0.25) is 0 Å². The lowest BCUT2D eigenvalue weighted by molar-refractivity contribution is -0.147. The zero-order valence-corrected chi connectivity index (χ0v) is 15.4. The molecule has 0 aliphatic rings. The summed E-state index contributed by atoms with van der Waals surface area (Å²) in [6.07, 6.45) is 0.721. The van der Waals surface area contributed by atoms with Crippen molar-refractivity contribution in [1.82, 2.24) is 0 Å². The van der Waals surface area contributed by atoms with Crippen molar-refractivity contribution in [2.45, 2.75) is 33.8 Å². The maximum absolute atomic E-state index is 12.0. The summed E-state index contributed by atoms with van der Waals surface area (Å²) in [5.74, 6) is -0.365. The fourth-order valence-electron chi connectivity index (χ4n) is 2.50. The molecule has 26 heavy (non-hydrogen) atoms. The van der Waals surface area contributed by atoms with E-state index in [4.69, 9.17) is 14.2 Å². The lowest BCUT2D eigenvalue weighted by Crippen LogP contribution is -2.16. The number of carbonyl (C=O) groups excluding carboxylic acids is 2. The van der Waals surface area contributed by atoms with Crippen LogP contribution in [0.4, 0.5) is 0 Å². The topological polar surface area (TPSA) is 61.8 Å². The van der Waals surface area contributed by atoms with Gasteiger partial charge in [-0.15, -0.1) is 0 Å². The van der Waals surface area contributed by atoms with Gasteiger partial charge in [0.15, 0.2) is 6.61 Å². The van der Waals surface area contributed by atoms with Crippen LogP contribution in [0.1, 0.15) is 40.9 Å². The number of esters is 2. The van der Waals surface area contributed by atoms with E-state index < -0.39 is 11.9 Å². The third kappa shape index (κ3) is 5.34. The molecule has 0 amide bonds. The summed E-state index contributed by atoms with van der Waals surface area (Å²) in [6, 6.07) is 13.0. The first-order valence-electron chi connectivity index (χ1n) is 8.68. The minimum absolute atomic E-state index is 0.200. The van der Waals surface area contributed by atoms with Gasteiger partial charge in [0.2, 0.25) is 0 Å². The molecule has 0 radical (unpaired) electrons. The highest BCUT2D eigenvalue weighted by Gasteiger charge is 2.16. The second kappa shape index (κ2) is 9.61. The third-order valence-corrected chi connectivity index (χ3v) is 3.87. The summed E-state index contributed by atoms with van der Waals surface area (Å²) >= 11 is 0. The molecule has 0 heterocycles. The number of rotatable bonds is 8. The van der Waals surface area contributed by atoms with E-state index in [1.165, 1.54) is 0 Å². The van der Waals surface area contributed by atoms with Crippen molar-refractivity contribution in [2.24, 2.45) is 0 Å². The monoisotopic (exact) mass is 356 g/mol. The molecule has 0 aliphatic carbocycles. The molecule has 0 spiro atoms. The first kappa shape index (κ1) is 19.5. The van der Waals surface area contributed by atoms with Gasteiger partial charge in [0.05, 0.1) is 12.2 Å². The van der Waals surface area contributed by atoms with Crippen LogP contribution in [0, 0.1) is 6.92 Å². The molecule has 2 aromatic rings. The van der Waals surface area contributed by atoms with E-state index in [1.807, 2.05) is 50.2 Å². The first-order chi connectivity index (χ1) is 12.5. The fraction of sp³-hybridized carbons (Fsp3) is 0.333. The number of carbonyl (C=O) groups is 2. The zero-order valence-electron chi connectivity index (χ0n) is 15.4. The predicted molar refractivity (Wildman–Crippen MR) is 98.2 cm³/mol. The molecule has 0 saturated heterocycles. The number of ether oxygens (including phenoxy) is 3. The number of benzene rings is 2. The second-order valence-corrected chi connectivity index (χ2v) is 5.78. The van der Waals surface area contributed by atoms with Crippen LogP contribution >= 0.6 is 0 Å². The number of hydrogen-bond donors (Lipinski definition) is 0. The van der Waals surface area contributed by atoms with Gasteiger partial charge in [0, 0.05) is 0 Å². The largest absolute Gasteiger partial charge is 0.482 e. The Hall–Kier alpha value is -2.82. The van der Waals surface area contributed by atoms with Crippen molar-refractivity contribution in [3.05, 3.63) is 64.7 Å². The van der Waals surface area contributed by atoms with Crippen molar-refractivity contribution in [3.8, 4) is 5.75 Å². The normalized spacial score (nSPS) is 10.3. The van der Waals surface area contributed by atoms with E-state index in [0.29, 0.717) is 17.9 Å². The van der Waals surface area contributed by atoms with Gasteiger partial charge in [-0.1, -0.05) is 43.3 Å². The Morgan fingerprint density at radius 3 is 2.38 bits per heavy atom. The van der Waals surface area contributed by atoms with E-state index in [1.54, 1.807) is 13.0 Å². The molecule has 5 heteroatoms. The summed E-state index contributed by atoms with van der Waals surface area (Å²) in [5, 5.41) is 0. The first-order valence-corrected chi connectivity index (χ1v) is 8.68. The molecule has 0 aromatic heterocycles. The van der Waals surface area contributed by atoms with Crippen LogP contribution in [0.3, 0.4) is 0 Å². The smallest absolute Gasteiger partial charge is 0.344 e. The summed E-state index contributed by atoms with van der Waals surface area (Å²) in [5.41, 5.74) is 3.09. The average molecular weight is 356 g/mol. The van der Waals surface area contributed by atoms with E-state index in [9.17, 15) is 9.59 Å². The van der Waals surface area contributed by atoms with Crippen LogP contribution in [-0.2, 0) is 27.3 Å². The average Bonchev–Trinajstić information content (AvgIpc) is 2.66. The molecule has 5 nitrogen and oxygen atoms in total. The summed E-state index contributed by atoms with van der Waals surface area (Å²) in [6.45, 7) is 5.88. The van der Waals surface area contributed by atoms with Gasteiger partial charge in [0.1, 0.15) is 12.4 Å². The van der Waals surface area contributed by atoms with E-state index in [2.05, 4.69) is 0 Å². The highest BCUT2D eigenvalue weighted by Crippen LogP contribution is 2.25. The third-order valence-electron chi connectivity index (χ3n) is 3.87. The Bertz CT molecular complexity index is 752. The highest BCUT2D eigenvalue weighted by atomic mass is 16.6. The minimum Gasteiger partial charge on any atom is -0.482 e. The summed E-state index contributed by atoms with van der Waals surface area (Å²) in [7, 11) is 0. The van der Waals surface area contributed by atoms with Gasteiger partial charge in [0.25, 0.3) is 0 Å². The standard InChI is InChI=1S/C21H24O5/c1-4-17-11-15(3)18(21(23)24-5-2)12-19(17)25-14-20(22)26-13-16-9-7-6-8-10-16/h6-12H,4-5,13-14H2,1-3H3. The van der Waals surface area contributed by atoms with E-state index in [-0.39, 0.29) is 13.2 Å². The molecule has 0 aliphatic heterocycles. The van der Waals surface area contributed by atoms with Crippen molar-refractivity contribution in [1.29, 1.82) is 0 Å². The Morgan fingerprint density at radius 2 is 1.73 bits per heavy atom. The lowest BCUT2D eigenvalue weighted by atomic mass is 10.0. The van der Waals surface area contributed by atoms with Crippen LogP contribution in [0.2, 0.25) is 0 Å². The molecule has 0 bridgehead atoms. The van der Waals surface area contributed by atoms with Crippen molar-refractivity contribution >= 4 is 11.9 Å². The molecule has 0 saturated carbocycles. The van der Waals surface area contributed by atoms with Crippen LogP contribution in [0.15, 0.2) is 42.5 Å². The maximum Gasteiger partial charge on any atom is 0.344 e. The number of hydrogen-bond acceptors (Lipinski definition) is 5. The van der Waals surface area contributed by atoms with Crippen LogP contribution < -0.4 is 4.74 Å². The van der Waals surface area contributed by atoms with Gasteiger partial charge in [-0.2, -0.15) is 0 Å². The van der Waals surface area contributed by atoms with Gasteiger partial charge < -0.3 is 14.2 Å². The lowest BCUT2D eigenvalue weighted by Gasteiger charge is -2.14. The Kier molecular flexibility index (Phi) is 7.21. The van der Waals surface area contributed by atoms with Crippen LogP contribution in [-0.4, -0.2) is 25.2 Å². The Balaban J connectivity index is 2.01.